The maximum absolute atomic E-state index is 5.51. The van der Waals surface area contributed by atoms with Crippen LogP contribution < -0.4 is 10.1 Å². The highest BCUT2D eigenvalue weighted by Crippen LogP contribution is 2.25. The summed E-state index contributed by atoms with van der Waals surface area (Å²) in [5, 5.41) is 3.47. The molecule has 1 aromatic rings. The van der Waals surface area contributed by atoms with E-state index in [4.69, 9.17) is 9.47 Å². The average Bonchev–Trinajstić information content (AvgIpc) is 2.89. The van der Waals surface area contributed by atoms with E-state index >= 15 is 0 Å². The molecule has 0 fully saturated rings. The quantitative estimate of drug-likeness (QED) is 0.695. The average molecular weight is 263 g/mol. The van der Waals surface area contributed by atoms with Gasteiger partial charge < -0.3 is 14.8 Å². The molecule has 1 aliphatic heterocycles. The summed E-state index contributed by atoms with van der Waals surface area (Å²) in [6.07, 6.45) is 4.35. The lowest BCUT2D eigenvalue weighted by Crippen LogP contribution is -2.19. The molecule has 3 heteroatoms. The predicted molar refractivity (Wildman–Crippen MR) is 77.9 cm³/mol. The van der Waals surface area contributed by atoms with Crippen molar-refractivity contribution in [1.82, 2.24) is 5.32 Å². The Labute approximate surface area is 116 Å². The first-order chi connectivity index (χ1) is 9.40. The second-order valence-corrected chi connectivity index (χ2v) is 5.01. The largest absolute Gasteiger partial charge is 0.493 e. The molecule has 0 saturated heterocycles. The standard InChI is InChI=1S/C16H25NO2/c1-2-10-18-11-3-8-17-9-6-14-4-5-16-15(13-14)7-12-19-16/h4-5,13,17H,2-3,6-12H2,1H3. The Morgan fingerprint density at radius 2 is 2.21 bits per heavy atom. The molecule has 1 aromatic carbocycles. The van der Waals surface area contributed by atoms with Crippen LogP contribution in [0.5, 0.6) is 5.75 Å². The van der Waals surface area contributed by atoms with Crippen LogP contribution in [0.4, 0.5) is 0 Å². The maximum atomic E-state index is 5.51. The lowest BCUT2D eigenvalue weighted by molar-refractivity contribution is 0.132. The van der Waals surface area contributed by atoms with Gasteiger partial charge in [-0.15, -0.1) is 0 Å². The molecule has 1 N–H and O–H groups in total. The van der Waals surface area contributed by atoms with Crippen LogP contribution in [-0.2, 0) is 17.6 Å². The number of hydrogen-bond donors (Lipinski definition) is 1. The van der Waals surface area contributed by atoms with E-state index in [2.05, 4.69) is 30.4 Å². The summed E-state index contributed by atoms with van der Waals surface area (Å²) in [6, 6.07) is 6.57. The molecule has 0 aromatic heterocycles. The molecule has 0 atom stereocenters. The van der Waals surface area contributed by atoms with Crippen LogP contribution in [0.2, 0.25) is 0 Å². The molecule has 0 saturated carbocycles. The lowest BCUT2D eigenvalue weighted by atomic mass is 10.1. The van der Waals surface area contributed by atoms with Gasteiger partial charge in [0.2, 0.25) is 0 Å². The Balaban J connectivity index is 1.56. The van der Waals surface area contributed by atoms with Crippen LogP contribution in [0, 0.1) is 0 Å². The van der Waals surface area contributed by atoms with E-state index in [9.17, 15) is 0 Å². The molecule has 2 rings (SSSR count). The maximum Gasteiger partial charge on any atom is 0.122 e. The highest BCUT2D eigenvalue weighted by Gasteiger charge is 2.11. The number of nitrogens with one attached hydrogen (secondary N) is 1. The minimum Gasteiger partial charge on any atom is -0.493 e. The van der Waals surface area contributed by atoms with Gasteiger partial charge in [-0.2, -0.15) is 0 Å². The fraction of sp³-hybridized carbons (Fsp3) is 0.625. The van der Waals surface area contributed by atoms with Crippen molar-refractivity contribution < 1.29 is 9.47 Å². The van der Waals surface area contributed by atoms with Crippen LogP contribution in [0.1, 0.15) is 30.9 Å². The Hall–Kier alpha value is -1.06. The van der Waals surface area contributed by atoms with E-state index in [1.165, 1.54) is 11.1 Å². The van der Waals surface area contributed by atoms with Crippen LogP contribution in [0.3, 0.4) is 0 Å². The first-order valence-electron chi connectivity index (χ1n) is 7.43. The van der Waals surface area contributed by atoms with E-state index in [-0.39, 0.29) is 0 Å². The minimum atomic E-state index is 0.842. The Morgan fingerprint density at radius 3 is 3.11 bits per heavy atom. The second-order valence-electron chi connectivity index (χ2n) is 5.01. The molecule has 106 valence electrons. The van der Waals surface area contributed by atoms with Gasteiger partial charge in [-0.1, -0.05) is 19.1 Å². The van der Waals surface area contributed by atoms with Crippen molar-refractivity contribution in [2.75, 3.05) is 32.9 Å². The normalized spacial score (nSPS) is 13.3. The third-order valence-electron chi connectivity index (χ3n) is 3.34. The Kier molecular flexibility index (Phi) is 6.18. The molecule has 0 aliphatic carbocycles. The molecular weight excluding hydrogens is 238 g/mol. The van der Waals surface area contributed by atoms with E-state index in [0.717, 1.165) is 64.3 Å². The summed E-state index contributed by atoms with van der Waals surface area (Å²) in [6.45, 7) is 6.81. The number of ether oxygens (including phenoxy) is 2. The van der Waals surface area contributed by atoms with E-state index < -0.39 is 0 Å². The number of fused-ring (bicyclic) bond motifs is 1. The third-order valence-corrected chi connectivity index (χ3v) is 3.34. The topological polar surface area (TPSA) is 30.5 Å². The molecule has 1 heterocycles. The van der Waals surface area contributed by atoms with Crippen molar-refractivity contribution in [1.29, 1.82) is 0 Å². The SMILES string of the molecule is CCCOCCCNCCc1ccc2c(c1)CCO2. The highest BCUT2D eigenvalue weighted by atomic mass is 16.5. The fourth-order valence-electron chi connectivity index (χ4n) is 2.30. The fourth-order valence-corrected chi connectivity index (χ4v) is 2.30. The van der Waals surface area contributed by atoms with Crippen LogP contribution in [0.15, 0.2) is 18.2 Å². The third kappa shape index (κ3) is 4.84. The Bertz CT molecular complexity index is 379. The summed E-state index contributed by atoms with van der Waals surface area (Å²) < 4.78 is 11.0. The molecule has 1 aliphatic rings. The van der Waals surface area contributed by atoms with Gasteiger partial charge in [-0.3, -0.25) is 0 Å². The van der Waals surface area contributed by atoms with Crippen LogP contribution in [0.25, 0.3) is 0 Å². The lowest BCUT2D eigenvalue weighted by Gasteiger charge is -2.07. The monoisotopic (exact) mass is 263 g/mol. The summed E-state index contributed by atoms with van der Waals surface area (Å²) in [7, 11) is 0. The molecule has 19 heavy (non-hydrogen) atoms. The zero-order valence-electron chi connectivity index (χ0n) is 11.9. The first kappa shape index (κ1) is 14.4. The molecule has 3 nitrogen and oxygen atoms in total. The van der Waals surface area contributed by atoms with Crippen molar-refractivity contribution in [3.8, 4) is 5.75 Å². The number of benzene rings is 1. The van der Waals surface area contributed by atoms with E-state index in [0.29, 0.717) is 0 Å². The van der Waals surface area contributed by atoms with Gasteiger partial charge >= 0.3 is 0 Å². The predicted octanol–water partition coefficient (Wildman–Crippen LogP) is 2.57. The molecular formula is C16H25NO2. The number of rotatable bonds is 9. The minimum absolute atomic E-state index is 0.842. The zero-order valence-corrected chi connectivity index (χ0v) is 11.9. The number of hydrogen-bond acceptors (Lipinski definition) is 3. The van der Waals surface area contributed by atoms with Gasteiger partial charge in [0.1, 0.15) is 5.75 Å². The van der Waals surface area contributed by atoms with Crippen molar-refractivity contribution in [3.63, 3.8) is 0 Å². The van der Waals surface area contributed by atoms with Gasteiger partial charge in [0.05, 0.1) is 6.61 Å². The van der Waals surface area contributed by atoms with Crippen molar-refractivity contribution >= 4 is 0 Å². The summed E-state index contributed by atoms with van der Waals surface area (Å²) >= 11 is 0. The van der Waals surface area contributed by atoms with Gasteiger partial charge in [0.15, 0.2) is 0 Å². The Morgan fingerprint density at radius 1 is 1.26 bits per heavy atom. The van der Waals surface area contributed by atoms with Gasteiger partial charge in [0, 0.05) is 19.6 Å². The smallest absolute Gasteiger partial charge is 0.122 e. The first-order valence-corrected chi connectivity index (χ1v) is 7.43. The van der Waals surface area contributed by atoms with Gasteiger partial charge in [0.25, 0.3) is 0 Å². The molecule has 0 unspecified atom stereocenters. The second kappa shape index (κ2) is 8.18. The zero-order chi connectivity index (χ0) is 13.3. The summed E-state index contributed by atoms with van der Waals surface area (Å²) in [5.74, 6) is 1.07. The van der Waals surface area contributed by atoms with Crippen molar-refractivity contribution in [2.45, 2.75) is 32.6 Å². The molecule has 0 amide bonds. The van der Waals surface area contributed by atoms with Gasteiger partial charge in [-0.25, -0.2) is 0 Å². The highest BCUT2D eigenvalue weighted by molar-refractivity contribution is 5.39. The summed E-state index contributed by atoms with van der Waals surface area (Å²) in [5.41, 5.74) is 2.77. The van der Waals surface area contributed by atoms with Crippen LogP contribution >= 0.6 is 0 Å². The molecule has 0 spiro atoms. The van der Waals surface area contributed by atoms with Crippen LogP contribution in [-0.4, -0.2) is 32.9 Å². The van der Waals surface area contributed by atoms with Crippen molar-refractivity contribution in [2.24, 2.45) is 0 Å². The molecule has 0 radical (unpaired) electrons. The van der Waals surface area contributed by atoms with E-state index in [1.54, 1.807) is 0 Å². The van der Waals surface area contributed by atoms with Crippen molar-refractivity contribution in [3.05, 3.63) is 29.3 Å². The molecule has 0 bridgehead atoms. The summed E-state index contributed by atoms with van der Waals surface area (Å²) in [4.78, 5) is 0. The van der Waals surface area contributed by atoms with E-state index in [1.807, 2.05) is 0 Å². The van der Waals surface area contributed by atoms with Gasteiger partial charge in [-0.05, 0) is 49.5 Å².